The fourth-order valence-corrected chi connectivity index (χ4v) is 1.90. The molecular weight excluding hydrogens is 160 g/mol. The van der Waals surface area contributed by atoms with Crippen molar-refractivity contribution in [2.45, 2.75) is 25.7 Å². The second kappa shape index (κ2) is 2.77. The van der Waals surface area contributed by atoms with E-state index in [9.17, 15) is 4.79 Å². The molecular formula is C7H12N2OS. The molecule has 0 spiro atoms. The minimum Gasteiger partial charge on any atom is -0.392 e. The van der Waals surface area contributed by atoms with Gasteiger partial charge in [-0.2, -0.15) is 0 Å². The zero-order valence-corrected chi connectivity index (χ0v) is 7.12. The van der Waals surface area contributed by atoms with E-state index in [1.165, 1.54) is 0 Å². The number of hydrogen-bond acceptors (Lipinski definition) is 2. The highest BCUT2D eigenvalue weighted by Gasteiger charge is 2.42. The lowest BCUT2D eigenvalue weighted by molar-refractivity contribution is -0.123. The maximum Gasteiger partial charge on any atom is 0.230 e. The van der Waals surface area contributed by atoms with Crippen LogP contribution in [0, 0.1) is 5.41 Å². The SMILES string of the molecule is NC(=O)C1(C(N)=S)CCCC1. The Morgan fingerprint density at radius 1 is 1.27 bits per heavy atom. The highest BCUT2D eigenvalue weighted by Crippen LogP contribution is 2.37. The van der Waals surface area contributed by atoms with E-state index >= 15 is 0 Å². The Bertz CT molecular complexity index is 181. The van der Waals surface area contributed by atoms with Crippen molar-refractivity contribution in [3.8, 4) is 0 Å². The molecule has 1 rings (SSSR count). The third-order valence-corrected chi connectivity index (χ3v) is 2.79. The molecule has 1 fully saturated rings. The molecule has 1 aliphatic rings. The summed E-state index contributed by atoms with van der Waals surface area (Å²) in [5, 5.41) is 0. The molecule has 0 heterocycles. The summed E-state index contributed by atoms with van der Waals surface area (Å²) in [5.41, 5.74) is 10.0. The van der Waals surface area contributed by atoms with Crippen LogP contribution in [0.2, 0.25) is 0 Å². The van der Waals surface area contributed by atoms with E-state index < -0.39 is 5.41 Å². The van der Waals surface area contributed by atoms with Gasteiger partial charge in [-0.15, -0.1) is 0 Å². The average molecular weight is 172 g/mol. The van der Waals surface area contributed by atoms with Crippen molar-refractivity contribution in [3.05, 3.63) is 0 Å². The maximum absolute atomic E-state index is 11.0. The molecule has 0 aromatic heterocycles. The van der Waals surface area contributed by atoms with E-state index in [4.69, 9.17) is 23.7 Å². The average Bonchev–Trinajstić information content (AvgIpc) is 2.34. The standard InChI is InChI=1S/C7H12N2OS/c8-5(10)7(6(9)11)3-1-2-4-7/h1-4H2,(H2,8,10)(H2,9,11). The first-order chi connectivity index (χ1) is 5.09. The van der Waals surface area contributed by atoms with Gasteiger partial charge < -0.3 is 11.5 Å². The minimum absolute atomic E-state index is 0.266. The summed E-state index contributed by atoms with van der Waals surface area (Å²) >= 11 is 4.82. The van der Waals surface area contributed by atoms with Crippen LogP contribution in [0.3, 0.4) is 0 Å². The summed E-state index contributed by atoms with van der Waals surface area (Å²) in [5.74, 6) is -0.359. The highest BCUT2D eigenvalue weighted by molar-refractivity contribution is 7.80. The van der Waals surface area contributed by atoms with E-state index in [0.717, 1.165) is 25.7 Å². The number of amides is 1. The van der Waals surface area contributed by atoms with Gasteiger partial charge in [-0.05, 0) is 12.8 Å². The molecule has 1 amide bonds. The van der Waals surface area contributed by atoms with Crippen LogP contribution in [-0.2, 0) is 4.79 Å². The van der Waals surface area contributed by atoms with Gasteiger partial charge in [0.2, 0.25) is 5.91 Å². The normalized spacial score (nSPS) is 21.5. The molecule has 11 heavy (non-hydrogen) atoms. The first kappa shape index (κ1) is 8.46. The quantitative estimate of drug-likeness (QED) is 0.589. The second-order valence-corrected chi connectivity index (χ2v) is 3.46. The molecule has 1 saturated carbocycles. The van der Waals surface area contributed by atoms with Crippen LogP contribution in [0.5, 0.6) is 0 Å². The van der Waals surface area contributed by atoms with Crippen LogP contribution in [0.4, 0.5) is 0 Å². The van der Waals surface area contributed by atoms with Crippen molar-refractivity contribution >= 4 is 23.1 Å². The van der Waals surface area contributed by atoms with Gasteiger partial charge in [0.25, 0.3) is 0 Å². The molecule has 0 bridgehead atoms. The first-order valence-corrected chi connectivity index (χ1v) is 4.10. The van der Waals surface area contributed by atoms with Crippen molar-refractivity contribution in [2.75, 3.05) is 0 Å². The Hall–Kier alpha value is -0.640. The molecule has 4 N–H and O–H groups in total. The van der Waals surface area contributed by atoms with Crippen molar-refractivity contribution in [2.24, 2.45) is 16.9 Å². The zero-order chi connectivity index (χ0) is 8.48. The number of carbonyl (C=O) groups is 1. The second-order valence-electron chi connectivity index (χ2n) is 3.02. The highest BCUT2D eigenvalue weighted by atomic mass is 32.1. The molecule has 0 saturated heterocycles. The van der Waals surface area contributed by atoms with Gasteiger partial charge in [0.05, 0.1) is 10.4 Å². The van der Waals surface area contributed by atoms with Crippen molar-refractivity contribution in [1.82, 2.24) is 0 Å². The largest absolute Gasteiger partial charge is 0.392 e. The van der Waals surface area contributed by atoms with Crippen molar-refractivity contribution in [3.63, 3.8) is 0 Å². The van der Waals surface area contributed by atoms with Gasteiger partial charge in [0.1, 0.15) is 0 Å². The van der Waals surface area contributed by atoms with E-state index in [1.54, 1.807) is 0 Å². The van der Waals surface area contributed by atoms with Crippen LogP contribution < -0.4 is 11.5 Å². The molecule has 0 unspecified atom stereocenters. The lowest BCUT2D eigenvalue weighted by Gasteiger charge is -2.22. The van der Waals surface area contributed by atoms with E-state index in [0.29, 0.717) is 0 Å². The van der Waals surface area contributed by atoms with Gasteiger partial charge in [-0.1, -0.05) is 25.1 Å². The number of nitrogens with two attached hydrogens (primary N) is 2. The van der Waals surface area contributed by atoms with Crippen LogP contribution in [-0.4, -0.2) is 10.9 Å². The molecule has 0 atom stereocenters. The Kier molecular flexibility index (Phi) is 2.13. The fourth-order valence-electron chi connectivity index (χ4n) is 1.59. The van der Waals surface area contributed by atoms with Gasteiger partial charge >= 0.3 is 0 Å². The lowest BCUT2D eigenvalue weighted by atomic mass is 9.85. The van der Waals surface area contributed by atoms with Crippen molar-refractivity contribution in [1.29, 1.82) is 0 Å². The predicted molar refractivity (Wildman–Crippen MR) is 46.9 cm³/mol. The van der Waals surface area contributed by atoms with Crippen LogP contribution in [0.15, 0.2) is 0 Å². The molecule has 1 aliphatic carbocycles. The van der Waals surface area contributed by atoms with Gasteiger partial charge in [0, 0.05) is 0 Å². The van der Waals surface area contributed by atoms with Crippen molar-refractivity contribution < 1.29 is 4.79 Å². The summed E-state index contributed by atoms with van der Waals surface area (Å²) in [4.78, 5) is 11.3. The van der Waals surface area contributed by atoms with Crippen LogP contribution in [0.1, 0.15) is 25.7 Å². The third kappa shape index (κ3) is 1.22. The van der Waals surface area contributed by atoms with Crippen LogP contribution >= 0.6 is 12.2 Å². The number of rotatable bonds is 2. The Labute approximate surface area is 71.1 Å². The molecule has 4 heteroatoms. The number of primary amides is 1. The first-order valence-electron chi connectivity index (χ1n) is 3.69. The van der Waals surface area contributed by atoms with E-state index in [1.807, 2.05) is 0 Å². The van der Waals surface area contributed by atoms with Gasteiger partial charge in [-0.25, -0.2) is 0 Å². The van der Waals surface area contributed by atoms with E-state index in [-0.39, 0.29) is 10.9 Å². The summed E-state index contributed by atoms with van der Waals surface area (Å²) < 4.78 is 0. The molecule has 0 aromatic carbocycles. The van der Waals surface area contributed by atoms with Gasteiger partial charge in [-0.3, -0.25) is 4.79 Å². The lowest BCUT2D eigenvalue weighted by Crippen LogP contribution is -2.44. The van der Waals surface area contributed by atoms with E-state index in [2.05, 4.69) is 0 Å². The predicted octanol–water partition coefficient (Wildman–Crippen LogP) is 0.318. The monoisotopic (exact) mass is 172 g/mol. The molecule has 3 nitrogen and oxygen atoms in total. The maximum atomic E-state index is 11.0. The summed E-state index contributed by atoms with van der Waals surface area (Å²) in [6.07, 6.45) is 3.47. The van der Waals surface area contributed by atoms with Gasteiger partial charge in [0.15, 0.2) is 0 Å². The smallest absolute Gasteiger partial charge is 0.230 e. The molecule has 62 valence electrons. The molecule has 0 aromatic rings. The number of thiocarbonyl (C=S) groups is 1. The number of carbonyl (C=O) groups excluding carboxylic acids is 1. The Balaban J connectivity index is 2.87. The topological polar surface area (TPSA) is 69.1 Å². The third-order valence-electron chi connectivity index (χ3n) is 2.40. The van der Waals surface area contributed by atoms with Crippen LogP contribution in [0.25, 0.3) is 0 Å². The molecule has 0 radical (unpaired) electrons. The fraction of sp³-hybridized carbons (Fsp3) is 0.714. The summed E-state index contributed by atoms with van der Waals surface area (Å²) in [6, 6.07) is 0. The Morgan fingerprint density at radius 3 is 1.91 bits per heavy atom. The minimum atomic E-state index is -0.657. The Morgan fingerprint density at radius 2 is 1.73 bits per heavy atom. The summed E-state index contributed by atoms with van der Waals surface area (Å²) in [7, 11) is 0. The summed E-state index contributed by atoms with van der Waals surface area (Å²) in [6.45, 7) is 0. The number of hydrogen-bond donors (Lipinski definition) is 2. The molecule has 0 aliphatic heterocycles. The zero-order valence-electron chi connectivity index (χ0n) is 6.30.